The average Bonchev–Trinajstić information content (AvgIpc) is 2.33. The Morgan fingerprint density at radius 2 is 2.06 bits per heavy atom. The van der Waals surface area contributed by atoms with E-state index in [1.165, 1.54) is 12.1 Å². The van der Waals surface area contributed by atoms with Crippen LogP contribution in [0.5, 0.6) is 0 Å². The van der Waals surface area contributed by atoms with Crippen molar-refractivity contribution in [3.63, 3.8) is 0 Å². The zero-order valence-corrected chi connectivity index (χ0v) is 12.1. The molecule has 0 atom stereocenters. The molecule has 18 heavy (non-hydrogen) atoms. The molecule has 0 bridgehead atoms. The van der Waals surface area contributed by atoms with E-state index in [9.17, 15) is 4.39 Å². The average molecular weight is 329 g/mol. The Hall–Kier alpha value is -1.06. The van der Waals surface area contributed by atoms with Crippen molar-refractivity contribution in [3.8, 4) is 0 Å². The number of hydrogen-bond acceptors (Lipinski definition) is 1. The Bertz CT molecular complexity index is 572. The number of halogens is 3. The predicted octanol–water partition coefficient (Wildman–Crippen LogP) is 5.16. The Kier molecular flexibility index (Phi) is 4.25. The standard InChI is InChI=1S/C14H12BrClFN/c1-9-7-11(17)6-5-10(9)8-18-13-4-2-3-12(16)14(13)15/h2-7,18H,8H2,1H3. The molecule has 0 radical (unpaired) electrons. The number of hydrogen-bond donors (Lipinski definition) is 1. The molecule has 0 aliphatic heterocycles. The van der Waals surface area contributed by atoms with Crippen molar-refractivity contribution in [2.45, 2.75) is 13.5 Å². The Morgan fingerprint density at radius 1 is 1.28 bits per heavy atom. The molecular formula is C14H12BrClFN. The van der Waals surface area contributed by atoms with E-state index in [0.29, 0.717) is 11.6 Å². The summed E-state index contributed by atoms with van der Waals surface area (Å²) in [5.41, 5.74) is 2.91. The minimum Gasteiger partial charge on any atom is -0.380 e. The van der Waals surface area contributed by atoms with Crippen LogP contribution in [0, 0.1) is 12.7 Å². The summed E-state index contributed by atoms with van der Waals surface area (Å²) in [6, 6.07) is 10.4. The third kappa shape index (κ3) is 3.03. The fourth-order valence-electron chi connectivity index (χ4n) is 1.69. The van der Waals surface area contributed by atoms with Gasteiger partial charge in [0.05, 0.1) is 15.2 Å². The second-order valence-corrected chi connectivity index (χ2v) is 5.23. The molecule has 2 aromatic rings. The summed E-state index contributed by atoms with van der Waals surface area (Å²) in [4.78, 5) is 0. The zero-order chi connectivity index (χ0) is 13.1. The maximum atomic E-state index is 13.0. The highest BCUT2D eigenvalue weighted by Gasteiger charge is 2.04. The minimum atomic E-state index is -0.208. The van der Waals surface area contributed by atoms with Gasteiger partial charge in [0, 0.05) is 6.54 Å². The molecule has 0 aromatic heterocycles. The van der Waals surface area contributed by atoms with E-state index >= 15 is 0 Å². The SMILES string of the molecule is Cc1cc(F)ccc1CNc1cccc(Cl)c1Br. The molecule has 0 saturated carbocycles. The summed E-state index contributed by atoms with van der Waals surface area (Å²) in [6.07, 6.45) is 0. The lowest BCUT2D eigenvalue weighted by atomic mass is 10.1. The van der Waals surface area contributed by atoms with Crippen LogP contribution in [-0.2, 0) is 6.54 Å². The van der Waals surface area contributed by atoms with E-state index in [0.717, 1.165) is 21.3 Å². The van der Waals surface area contributed by atoms with Crippen molar-refractivity contribution >= 4 is 33.2 Å². The van der Waals surface area contributed by atoms with Gasteiger partial charge >= 0.3 is 0 Å². The molecule has 1 N–H and O–H groups in total. The number of benzene rings is 2. The normalized spacial score (nSPS) is 10.4. The fraction of sp³-hybridized carbons (Fsp3) is 0.143. The van der Waals surface area contributed by atoms with Gasteiger partial charge in [-0.3, -0.25) is 0 Å². The van der Waals surface area contributed by atoms with Gasteiger partial charge in [-0.1, -0.05) is 23.7 Å². The van der Waals surface area contributed by atoms with Crippen LogP contribution in [0.2, 0.25) is 5.02 Å². The van der Waals surface area contributed by atoms with Crippen molar-refractivity contribution in [2.24, 2.45) is 0 Å². The summed E-state index contributed by atoms with van der Waals surface area (Å²) >= 11 is 9.44. The van der Waals surface area contributed by atoms with Crippen LogP contribution < -0.4 is 5.32 Å². The number of aryl methyl sites for hydroxylation is 1. The van der Waals surface area contributed by atoms with Gasteiger partial charge in [-0.25, -0.2) is 4.39 Å². The van der Waals surface area contributed by atoms with Gasteiger partial charge in [-0.05, 0) is 58.2 Å². The molecule has 2 rings (SSSR count). The van der Waals surface area contributed by atoms with Crippen LogP contribution in [0.1, 0.15) is 11.1 Å². The minimum absolute atomic E-state index is 0.208. The summed E-state index contributed by atoms with van der Waals surface area (Å²) in [5, 5.41) is 3.94. The second kappa shape index (κ2) is 5.72. The highest BCUT2D eigenvalue weighted by Crippen LogP contribution is 2.30. The van der Waals surface area contributed by atoms with Crippen molar-refractivity contribution in [1.29, 1.82) is 0 Å². The van der Waals surface area contributed by atoms with Crippen molar-refractivity contribution in [1.82, 2.24) is 0 Å². The van der Waals surface area contributed by atoms with E-state index in [1.807, 2.05) is 25.1 Å². The molecule has 94 valence electrons. The molecule has 0 amide bonds. The smallest absolute Gasteiger partial charge is 0.123 e. The van der Waals surface area contributed by atoms with Gasteiger partial charge in [0.25, 0.3) is 0 Å². The van der Waals surface area contributed by atoms with Gasteiger partial charge < -0.3 is 5.32 Å². The first-order chi connectivity index (χ1) is 8.58. The first-order valence-electron chi connectivity index (χ1n) is 5.51. The van der Waals surface area contributed by atoms with Crippen molar-refractivity contribution < 1.29 is 4.39 Å². The third-order valence-corrected chi connectivity index (χ3v) is 4.12. The maximum Gasteiger partial charge on any atom is 0.123 e. The van der Waals surface area contributed by atoms with Gasteiger partial charge in [-0.15, -0.1) is 0 Å². The van der Waals surface area contributed by atoms with Crippen LogP contribution in [0.3, 0.4) is 0 Å². The first-order valence-corrected chi connectivity index (χ1v) is 6.68. The molecule has 0 unspecified atom stereocenters. The Labute approximate surface area is 119 Å². The summed E-state index contributed by atoms with van der Waals surface area (Å²) < 4.78 is 13.8. The lowest BCUT2D eigenvalue weighted by molar-refractivity contribution is 0.625. The molecule has 0 saturated heterocycles. The van der Waals surface area contributed by atoms with E-state index in [2.05, 4.69) is 21.2 Å². The third-order valence-electron chi connectivity index (χ3n) is 2.73. The lowest BCUT2D eigenvalue weighted by Crippen LogP contribution is -2.02. The molecule has 0 aliphatic rings. The fourth-order valence-corrected chi connectivity index (χ4v) is 2.27. The monoisotopic (exact) mass is 327 g/mol. The van der Waals surface area contributed by atoms with Crippen molar-refractivity contribution in [2.75, 3.05) is 5.32 Å². The Morgan fingerprint density at radius 3 is 2.78 bits per heavy atom. The van der Waals surface area contributed by atoms with Gasteiger partial charge in [0.1, 0.15) is 5.82 Å². The largest absolute Gasteiger partial charge is 0.380 e. The predicted molar refractivity (Wildman–Crippen MR) is 77.6 cm³/mol. The summed E-state index contributed by atoms with van der Waals surface area (Å²) in [7, 11) is 0. The summed E-state index contributed by atoms with van der Waals surface area (Å²) in [5.74, 6) is -0.208. The number of anilines is 1. The van der Waals surface area contributed by atoms with Crippen LogP contribution in [-0.4, -0.2) is 0 Å². The van der Waals surface area contributed by atoms with Crippen LogP contribution >= 0.6 is 27.5 Å². The topological polar surface area (TPSA) is 12.0 Å². The first kappa shape index (κ1) is 13.4. The van der Waals surface area contributed by atoms with E-state index in [1.54, 1.807) is 6.07 Å². The number of nitrogens with one attached hydrogen (secondary N) is 1. The molecular weight excluding hydrogens is 317 g/mol. The Balaban J connectivity index is 2.14. The van der Waals surface area contributed by atoms with Gasteiger partial charge in [-0.2, -0.15) is 0 Å². The molecule has 0 spiro atoms. The van der Waals surface area contributed by atoms with Crippen LogP contribution in [0.15, 0.2) is 40.9 Å². The van der Waals surface area contributed by atoms with E-state index in [4.69, 9.17) is 11.6 Å². The molecule has 0 fully saturated rings. The molecule has 0 heterocycles. The van der Waals surface area contributed by atoms with Gasteiger partial charge in [0.2, 0.25) is 0 Å². The van der Waals surface area contributed by atoms with Gasteiger partial charge in [0.15, 0.2) is 0 Å². The highest BCUT2D eigenvalue weighted by atomic mass is 79.9. The molecule has 0 aliphatic carbocycles. The summed E-state index contributed by atoms with van der Waals surface area (Å²) in [6.45, 7) is 2.53. The lowest BCUT2D eigenvalue weighted by Gasteiger charge is -2.11. The molecule has 1 nitrogen and oxygen atoms in total. The second-order valence-electron chi connectivity index (χ2n) is 4.03. The molecule has 4 heteroatoms. The maximum absolute atomic E-state index is 13.0. The quantitative estimate of drug-likeness (QED) is 0.820. The van der Waals surface area contributed by atoms with Crippen LogP contribution in [0.25, 0.3) is 0 Å². The zero-order valence-electron chi connectivity index (χ0n) is 9.81. The molecule has 2 aromatic carbocycles. The highest BCUT2D eigenvalue weighted by molar-refractivity contribution is 9.10. The van der Waals surface area contributed by atoms with E-state index < -0.39 is 0 Å². The number of rotatable bonds is 3. The van der Waals surface area contributed by atoms with E-state index in [-0.39, 0.29) is 5.82 Å². The van der Waals surface area contributed by atoms with Crippen LogP contribution in [0.4, 0.5) is 10.1 Å². The van der Waals surface area contributed by atoms with Crippen molar-refractivity contribution in [3.05, 3.63) is 62.8 Å².